The van der Waals surface area contributed by atoms with Crippen molar-refractivity contribution in [3.63, 3.8) is 0 Å². The number of rotatable bonds is 6. The molecule has 3 rings (SSSR count). The SMILES string of the molecule is COCc1ccc(C(=O)NCc2nc(-c3cccs3)n[nH]2)cc1. The first kappa shape index (κ1) is 15.4. The number of carbonyl (C=O) groups is 1. The molecule has 0 spiro atoms. The number of carbonyl (C=O) groups excluding carboxylic acids is 1. The highest BCUT2D eigenvalue weighted by atomic mass is 32.1. The van der Waals surface area contributed by atoms with E-state index in [1.54, 1.807) is 30.6 Å². The van der Waals surface area contributed by atoms with Gasteiger partial charge in [0.1, 0.15) is 5.82 Å². The van der Waals surface area contributed by atoms with Crippen LogP contribution in [0.4, 0.5) is 0 Å². The van der Waals surface area contributed by atoms with Crippen LogP contribution in [0.25, 0.3) is 10.7 Å². The molecule has 1 aromatic carbocycles. The quantitative estimate of drug-likeness (QED) is 0.729. The van der Waals surface area contributed by atoms with E-state index in [0.717, 1.165) is 10.4 Å². The van der Waals surface area contributed by atoms with Crippen LogP contribution in [0.2, 0.25) is 0 Å². The molecule has 2 N–H and O–H groups in total. The number of thiophene rings is 1. The molecule has 1 amide bonds. The van der Waals surface area contributed by atoms with Gasteiger partial charge in [0.15, 0.2) is 5.82 Å². The van der Waals surface area contributed by atoms with Gasteiger partial charge in [0, 0.05) is 12.7 Å². The summed E-state index contributed by atoms with van der Waals surface area (Å²) >= 11 is 1.57. The molecule has 0 aliphatic heterocycles. The smallest absolute Gasteiger partial charge is 0.251 e. The molecular formula is C16H16N4O2S. The number of ether oxygens (including phenoxy) is 1. The van der Waals surface area contributed by atoms with Gasteiger partial charge in [-0.25, -0.2) is 4.98 Å². The summed E-state index contributed by atoms with van der Waals surface area (Å²) in [4.78, 5) is 17.5. The maximum atomic E-state index is 12.1. The first-order chi connectivity index (χ1) is 11.3. The van der Waals surface area contributed by atoms with Crippen LogP contribution in [-0.2, 0) is 17.9 Å². The number of aromatic amines is 1. The van der Waals surface area contributed by atoms with E-state index in [1.807, 2.05) is 29.6 Å². The molecule has 0 saturated heterocycles. The molecular weight excluding hydrogens is 312 g/mol. The Labute approximate surface area is 137 Å². The van der Waals surface area contributed by atoms with E-state index in [4.69, 9.17) is 4.74 Å². The molecule has 3 aromatic rings. The lowest BCUT2D eigenvalue weighted by Gasteiger charge is -2.04. The third-order valence-corrected chi connectivity index (χ3v) is 4.08. The van der Waals surface area contributed by atoms with Crippen LogP contribution >= 0.6 is 11.3 Å². The van der Waals surface area contributed by atoms with Gasteiger partial charge in [-0.3, -0.25) is 9.89 Å². The van der Waals surface area contributed by atoms with E-state index >= 15 is 0 Å². The van der Waals surface area contributed by atoms with Gasteiger partial charge in [-0.05, 0) is 29.1 Å². The number of methoxy groups -OCH3 is 1. The fraction of sp³-hybridized carbons (Fsp3) is 0.188. The molecule has 118 valence electrons. The second-order valence-corrected chi connectivity index (χ2v) is 5.84. The Morgan fingerprint density at radius 3 is 2.83 bits per heavy atom. The maximum absolute atomic E-state index is 12.1. The third kappa shape index (κ3) is 3.82. The topological polar surface area (TPSA) is 79.9 Å². The van der Waals surface area contributed by atoms with Gasteiger partial charge in [0.05, 0.1) is 18.0 Å². The summed E-state index contributed by atoms with van der Waals surface area (Å²) in [6.45, 7) is 0.836. The maximum Gasteiger partial charge on any atom is 0.251 e. The molecule has 0 unspecified atom stereocenters. The minimum absolute atomic E-state index is 0.150. The standard InChI is InChI=1S/C16H16N4O2S/c1-22-10-11-4-6-12(7-5-11)16(21)17-9-14-18-15(20-19-14)13-3-2-8-23-13/h2-8H,9-10H2,1H3,(H,17,21)(H,18,19,20). The number of nitrogens with zero attached hydrogens (tertiary/aromatic N) is 2. The van der Waals surface area contributed by atoms with E-state index in [1.165, 1.54) is 0 Å². The summed E-state index contributed by atoms with van der Waals surface area (Å²) in [6.07, 6.45) is 0. The summed E-state index contributed by atoms with van der Waals surface area (Å²) in [5.74, 6) is 1.12. The fourth-order valence-electron chi connectivity index (χ4n) is 2.08. The number of H-pyrrole nitrogens is 1. The Bertz CT molecular complexity index is 766. The summed E-state index contributed by atoms with van der Waals surface area (Å²) in [7, 11) is 1.64. The predicted octanol–water partition coefficient (Wildman–Crippen LogP) is 2.61. The van der Waals surface area contributed by atoms with Crippen LogP contribution in [0.15, 0.2) is 41.8 Å². The Balaban J connectivity index is 1.58. The summed E-state index contributed by atoms with van der Waals surface area (Å²) in [6, 6.07) is 11.2. The number of aromatic nitrogens is 3. The second kappa shape index (κ2) is 7.17. The highest BCUT2D eigenvalue weighted by Gasteiger charge is 2.09. The van der Waals surface area contributed by atoms with Crippen molar-refractivity contribution in [3.05, 3.63) is 58.7 Å². The molecule has 0 aliphatic rings. The predicted molar refractivity (Wildman–Crippen MR) is 88.0 cm³/mol. The molecule has 7 heteroatoms. The molecule has 23 heavy (non-hydrogen) atoms. The van der Waals surface area contributed by atoms with E-state index in [9.17, 15) is 4.79 Å². The minimum atomic E-state index is -0.150. The summed E-state index contributed by atoms with van der Waals surface area (Å²) in [5.41, 5.74) is 1.63. The van der Waals surface area contributed by atoms with E-state index in [2.05, 4.69) is 20.5 Å². The van der Waals surface area contributed by atoms with Crippen LogP contribution in [0.5, 0.6) is 0 Å². The van der Waals surface area contributed by atoms with E-state index in [-0.39, 0.29) is 5.91 Å². The largest absolute Gasteiger partial charge is 0.380 e. The monoisotopic (exact) mass is 328 g/mol. The van der Waals surface area contributed by atoms with Crippen LogP contribution in [0.1, 0.15) is 21.7 Å². The number of benzene rings is 1. The van der Waals surface area contributed by atoms with Crippen molar-refractivity contribution in [3.8, 4) is 10.7 Å². The first-order valence-electron chi connectivity index (χ1n) is 7.07. The van der Waals surface area contributed by atoms with Gasteiger partial charge in [-0.15, -0.1) is 11.3 Å². The average Bonchev–Trinajstić information content (AvgIpc) is 3.25. The van der Waals surface area contributed by atoms with Crippen LogP contribution in [0.3, 0.4) is 0 Å². The van der Waals surface area contributed by atoms with Gasteiger partial charge in [-0.1, -0.05) is 18.2 Å². The Morgan fingerprint density at radius 1 is 1.30 bits per heavy atom. The van der Waals surface area contributed by atoms with Crippen molar-refractivity contribution in [2.75, 3.05) is 7.11 Å². The zero-order valence-corrected chi connectivity index (χ0v) is 13.4. The molecule has 2 heterocycles. The second-order valence-electron chi connectivity index (χ2n) is 4.90. The highest BCUT2D eigenvalue weighted by Crippen LogP contribution is 2.20. The molecule has 0 bridgehead atoms. The van der Waals surface area contributed by atoms with E-state index in [0.29, 0.717) is 30.4 Å². The van der Waals surface area contributed by atoms with Gasteiger partial charge in [-0.2, -0.15) is 5.10 Å². The number of amides is 1. The lowest BCUT2D eigenvalue weighted by molar-refractivity contribution is 0.0950. The Morgan fingerprint density at radius 2 is 2.13 bits per heavy atom. The van der Waals surface area contributed by atoms with Crippen molar-refractivity contribution in [2.45, 2.75) is 13.2 Å². The molecule has 2 aromatic heterocycles. The molecule has 0 saturated carbocycles. The molecule has 0 aliphatic carbocycles. The van der Waals surface area contributed by atoms with Crippen molar-refractivity contribution < 1.29 is 9.53 Å². The van der Waals surface area contributed by atoms with Crippen LogP contribution in [0, 0.1) is 0 Å². The highest BCUT2D eigenvalue weighted by molar-refractivity contribution is 7.13. The Kier molecular flexibility index (Phi) is 4.80. The summed E-state index contributed by atoms with van der Waals surface area (Å²) in [5, 5.41) is 11.8. The van der Waals surface area contributed by atoms with Crippen LogP contribution < -0.4 is 5.32 Å². The zero-order valence-electron chi connectivity index (χ0n) is 12.6. The van der Waals surface area contributed by atoms with E-state index < -0.39 is 0 Å². The molecule has 0 atom stereocenters. The molecule has 6 nitrogen and oxygen atoms in total. The molecule has 0 fully saturated rings. The Hall–Kier alpha value is -2.51. The normalized spacial score (nSPS) is 10.7. The fourth-order valence-corrected chi connectivity index (χ4v) is 2.73. The molecule has 0 radical (unpaired) electrons. The van der Waals surface area contributed by atoms with Crippen molar-refractivity contribution in [2.24, 2.45) is 0 Å². The van der Waals surface area contributed by atoms with Gasteiger partial charge < -0.3 is 10.1 Å². The first-order valence-corrected chi connectivity index (χ1v) is 7.95. The van der Waals surface area contributed by atoms with Crippen LogP contribution in [-0.4, -0.2) is 28.2 Å². The van der Waals surface area contributed by atoms with Gasteiger partial charge in [0.25, 0.3) is 5.91 Å². The van der Waals surface area contributed by atoms with Gasteiger partial charge >= 0.3 is 0 Å². The number of hydrogen-bond donors (Lipinski definition) is 2. The van der Waals surface area contributed by atoms with Crippen molar-refractivity contribution in [1.82, 2.24) is 20.5 Å². The van der Waals surface area contributed by atoms with Crippen molar-refractivity contribution >= 4 is 17.2 Å². The van der Waals surface area contributed by atoms with Gasteiger partial charge in [0.2, 0.25) is 0 Å². The minimum Gasteiger partial charge on any atom is -0.380 e. The lowest BCUT2D eigenvalue weighted by atomic mass is 10.1. The number of hydrogen-bond acceptors (Lipinski definition) is 5. The summed E-state index contributed by atoms with van der Waals surface area (Å²) < 4.78 is 5.05. The average molecular weight is 328 g/mol. The third-order valence-electron chi connectivity index (χ3n) is 3.22. The van der Waals surface area contributed by atoms with Crippen molar-refractivity contribution in [1.29, 1.82) is 0 Å². The number of nitrogens with one attached hydrogen (secondary N) is 2. The zero-order chi connectivity index (χ0) is 16.1. The lowest BCUT2D eigenvalue weighted by Crippen LogP contribution is -2.23.